The van der Waals surface area contributed by atoms with Gasteiger partial charge in [0.05, 0.1) is 0 Å². The Hall–Kier alpha value is -0.530. The maximum absolute atomic E-state index is 12.2. The van der Waals surface area contributed by atoms with E-state index in [4.69, 9.17) is 0 Å². The average Bonchev–Trinajstić information content (AvgIpc) is 2.61. The van der Waals surface area contributed by atoms with Gasteiger partial charge in [0.15, 0.2) is 0 Å². The van der Waals surface area contributed by atoms with E-state index in [1.54, 1.807) is 0 Å². The van der Waals surface area contributed by atoms with E-state index >= 15 is 0 Å². The van der Waals surface area contributed by atoms with Gasteiger partial charge in [-0.3, -0.25) is 4.79 Å². The van der Waals surface area contributed by atoms with Gasteiger partial charge in [-0.25, -0.2) is 0 Å². The summed E-state index contributed by atoms with van der Waals surface area (Å²) in [4.78, 5) is 12.2. The van der Waals surface area contributed by atoms with E-state index in [0.717, 1.165) is 18.8 Å². The summed E-state index contributed by atoms with van der Waals surface area (Å²) < 4.78 is 0. The lowest BCUT2D eigenvalue weighted by Gasteiger charge is -2.44. The third kappa shape index (κ3) is 1.56. The van der Waals surface area contributed by atoms with Crippen molar-refractivity contribution in [2.24, 2.45) is 22.7 Å². The number of nitrogens with one attached hydrogen (secondary N) is 1. The molecule has 3 unspecified atom stereocenters. The summed E-state index contributed by atoms with van der Waals surface area (Å²) in [5.74, 6) is 1.48. The normalized spacial score (nSPS) is 43.5. The number of amides is 1. The standard InChI is InChI=1S/C15H25NO/c1-14(2)11-7-8-15(3,9-11)13(14)16-12(17)10-5-4-6-10/h10-11,13H,4-9H2,1-3H3,(H,16,17). The number of carbonyl (C=O) groups excluding carboxylic acids is 1. The first-order valence-corrected chi connectivity index (χ1v) is 7.24. The van der Waals surface area contributed by atoms with Crippen LogP contribution in [0.5, 0.6) is 0 Å². The molecule has 3 aliphatic rings. The molecule has 0 aromatic carbocycles. The molecule has 3 aliphatic carbocycles. The molecule has 17 heavy (non-hydrogen) atoms. The van der Waals surface area contributed by atoms with Crippen LogP contribution in [0.2, 0.25) is 0 Å². The van der Waals surface area contributed by atoms with Crippen LogP contribution in [0.25, 0.3) is 0 Å². The smallest absolute Gasteiger partial charge is 0.223 e. The summed E-state index contributed by atoms with van der Waals surface area (Å²) in [6.07, 6.45) is 7.44. The van der Waals surface area contributed by atoms with Crippen LogP contribution in [0, 0.1) is 22.7 Å². The van der Waals surface area contributed by atoms with E-state index in [2.05, 4.69) is 26.1 Å². The highest BCUT2D eigenvalue weighted by Crippen LogP contribution is 2.62. The molecule has 2 bridgehead atoms. The van der Waals surface area contributed by atoms with Gasteiger partial charge in [-0.15, -0.1) is 0 Å². The van der Waals surface area contributed by atoms with Crippen molar-refractivity contribution >= 4 is 5.91 Å². The maximum Gasteiger partial charge on any atom is 0.223 e. The van der Waals surface area contributed by atoms with E-state index in [1.165, 1.54) is 25.7 Å². The minimum absolute atomic E-state index is 0.298. The van der Waals surface area contributed by atoms with Crippen molar-refractivity contribution in [1.29, 1.82) is 0 Å². The zero-order chi connectivity index (χ0) is 12.3. The number of carbonyl (C=O) groups is 1. The van der Waals surface area contributed by atoms with E-state index in [0.29, 0.717) is 28.7 Å². The molecule has 2 heteroatoms. The molecular formula is C15H25NO. The summed E-state index contributed by atoms with van der Waals surface area (Å²) in [5.41, 5.74) is 0.667. The molecular weight excluding hydrogens is 210 g/mol. The van der Waals surface area contributed by atoms with Crippen molar-refractivity contribution in [2.45, 2.75) is 65.3 Å². The molecule has 1 N–H and O–H groups in total. The van der Waals surface area contributed by atoms with E-state index in [9.17, 15) is 4.79 Å². The molecule has 0 aromatic rings. The summed E-state index contributed by atoms with van der Waals surface area (Å²) in [7, 11) is 0. The van der Waals surface area contributed by atoms with Crippen LogP contribution < -0.4 is 5.32 Å². The molecule has 3 fully saturated rings. The predicted molar refractivity (Wildman–Crippen MR) is 68.5 cm³/mol. The monoisotopic (exact) mass is 235 g/mol. The first-order chi connectivity index (χ1) is 7.93. The van der Waals surface area contributed by atoms with Gasteiger partial charge in [-0.1, -0.05) is 27.2 Å². The molecule has 2 nitrogen and oxygen atoms in total. The van der Waals surface area contributed by atoms with Gasteiger partial charge in [-0.2, -0.15) is 0 Å². The summed E-state index contributed by atoms with van der Waals surface area (Å²) in [5, 5.41) is 3.40. The van der Waals surface area contributed by atoms with Gasteiger partial charge in [-0.05, 0) is 48.9 Å². The first-order valence-electron chi connectivity index (χ1n) is 7.24. The second-order valence-corrected chi connectivity index (χ2v) is 7.48. The summed E-state index contributed by atoms with van der Waals surface area (Å²) in [6, 6.07) is 0.404. The Labute approximate surface area is 105 Å². The molecule has 3 atom stereocenters. The summed E-state index contributed by atoms with van der Waals surface area (Å²) in [6.45, 7) is 7.09. The number of hydrogen-bond donors (Lipinski definition) is 1. The SMILES string of the molecule is CC12CCC(C1)C(C)(C)C2NC(=O)C1CCC1. The van der Waals surface area contributed by atoms with Crippen molar-refractivity contribution in [2.75, 3.05) is 0 Å². The zero-order valence-corrected chi connectivity index (χ0v) is 11.4. The minimum atomic E-state index is 0.298. The topological polar surface area (TPSA) is 29.1 Å². The lowest BCUT2D eigenvalue weighted by molar-refractivity contribution is -0.130. The number of rotatable bonds is 2. The fourth-order valence-corrected chi connectivity index (χ4v) is 4.59. The molecule has 3 saturated carbocycles. The Morgan fingerprint density at radius 1 is 1.18 bits per heavy atom. The van der Waals surface area contributed by atoms with Crippen LogP contribution in [-0.4, -0.2) is 11.9 Å². The molecule has 0 radical (unpaired) electrons. The third-order valence-corrected chi connectivity index (χ3v) is 6.03. The van der Waals surface area contributed by atoms with Crippen LogP contribution in [0.1, 0.15) is 59.3 Å². The summed E-state index contributed by atoms with van der Waals surface area (Å²) >= 11 is 0. The van der Waals surface area contributed by atoms with Crippen LogP contribution in [0.4, 0.5) is 0 Å². The van der Waals surface area contributed by atoms with Crippen LogP contribution >= 0.6 is 0 Å². The zero-order valence-electron chi connectivity index (χ0n) is 11.4. The van der Waals surface area contributed by atoms with Crippen molar-refractivity contribution in [3.63, 3.8) is 0 Å². The van der Waals surface area contributed by atoms with Gasteiger partial charge in [0.25, 0.3) is 0 Å². The van der Waals surface area contributed by atoms with Gasteiger partial charge >= 0.3 is 0 Å². The number of fused-ring (bicyclic) bond motifs is 2. The lowest BCUT2D eigenvalue weighted by atomic mass is 9.68. The van der Waals surface area contributed by atoms with E-state index < -0.39 is 0 Å². The van der Waals surface area contributed by atoms with Gasteiger partial charge < -0.3 is 5.32 Å². The van der Waals surface area contributed by atoms with E-state index in [-0.39, 0.29) is 0 Å². The Morgan fingerprint density at radius 2 is 1.88 bits per heavy atom. The second kappa shape index (κ2) is 3.49. The quantitative estimate of drug-likeness (QED) is 0.783. The third-order valence-electron chi connectivity index (χ3n) is 6.03. The molecule has 0 saturated heterocycles. The van der Waals surface area contributed by atoms with Crippen molar-refractivity contribution in [3.05, 3.63) is 0 Å². The van der Waals surface area contributed by atoms with Crippen LogP contribution in [0.3, 0.4) is 0 Å². The first kappa shape index (κ1) is 11.6. The highest BCUT2D eigenvalue weighted by molar-refractivity contribution is 5.80. The van der Waals surface area contributed by atoms with Crippen molar-refractivity contribution < 1.29 is 4.79 Å². The van der Waals surface area contributed by atoms with Gasteiger partial charge in [0.1, 0.15) is 0 Å². The van der Waals surface area contributed by atoms with Crippen LogP contribution in [0.15, 0.2) is 0 Å². The Bertz CT molecular complexity index is 340. The molecule has 0 heterocycles. The lowest BCUT2D eigenvalue weighted by Crippen LogP contribution is -2.54. The van der Waals surface area contributed by atoms with E-state index in [1.807, 2.05) is 0 Å². The fourth-order valence-electron chi connectivity index (χ4n) is 4.59. The molecule has 0 aliphatic heterocycles. The Balaban J connectivity index is 1.75. The van der Waals surface area contributed by atoms with Crippen molar-refractivity contribution in [1.82, 2.24) is 5.32 Å². The van der Waals surface area contributed by atoms with Crippen molar-refractivity contribution in [3.8, 4) is 0 Å². The molecule has 1 amide bonds. The molecule has 96 valence electrons. The minimum Gasteiger partial charge on any atom is -0.352 e. The van der Waals surface area contributed by atoms with Gasteiger partial charge in [0, 0.05) is 12.0 Å². The predicted octanol–water partition coefficient (Wildman–Crippen LogP) is 3.12. The largest absolute Gasteiger partial charge is 0.352 e. The maximum atomic E-state index is 12.2. The van der Waals surface area contributed by atoms with Crippen LogP contribution in [-0.2, 0) is 4.79 Å². The van der Waals surface area contributed by atoms with Gasteiger partial charge in [0.2, 0.25) is 5.91 Å². The fraction of sp³-hybridized carbons (Fsp3) is 0.933. The molecule has 0 aromatic heterocycles. The molecule has 3 rings (SSSR count). The Kier molecular flexibility index (Phi) is 2.37. The average molecular weight is 235 g/mol. The highest BCUT2D eigenvalue weighted by atomic mass is 16.2. The molecule has 0 spiro atoms. The number of hydrogen-bond acceptors (Lipinski definition) is 1. The Morgan fingerprint density at radius 3 is 2.35 bits per heavy atom. The highest BCUT2D eigenvalue weighted by Gasteiger charge is 2.59. The second-order valence-electron chi connectivity index (χ2n) is 7.48.